The fraction of sp³-hybridized carbons (Fsp3) is 0.250. The summed E-state index contributed by atoms with van der Waals surface area (Å²) in [5, 5.41) is 12.4. The molecule has 2 aromatic carbocycles. The first-order valence-electron chi connectivity index (χ1n) is 6.36. The summed E-state index contributed by atoms with van der Waals surface area (Å²) in [5.74, 6) is -0.212. The number of rotatable bonds is 5. The van der Waals surface area contributed by atoms with Crippen LogP contribution in [0.1, 0.15) is 29.7 Å². The average molecular weight is 259 g/mol. The molecule has 0 aliphatic rings. The van der Waals surface area contributed by atoms with Crippen LogP contribution < -0.4 is 5.32 Å². The number of aliphatic hydroxyl groups is 1. The second-order valence-corrected chi connectivity index (χ2v) is 4.63. The van der Waals surface area contributed by atoms with Crippen LogP contribution in [0.25, 0.3) is 0 Å². The first-order chi connectivity index (χ1) is 9.19. The summed E-state index contributed by atoms with van der Waals surface area (Å²) >= 11 is 0. The van der Waals surface area contributed by atoms with Crippen molar-refractivity contribution in [1.82, 2.24) is 5.32 Å². The first kappa shape index (κ1) is 13.7. The van der Waals surface area contributed by atoms with Crippen LogP contribution >= 0.6 is 0 Å². The highest BCUT2D eigenvalue weighted by Gasteiger charge is 2.04. The van der Waals surface area contributed by atoms with Crippen LogP contribution in [-0.2, 0) is 13.2 Å². The lowest BCUT2D eigenvalue weighted by Gasteiger charge is -2.14. The van der Waals surface area contributed by atoms with Gasteiger partial charge in [-0.1, -0.05) is 36.4 Å². The summed E-state index contributed by atoms with van der Waals surface area (Å²) in [6.45, 7) is 2.86. The van der Waals surface area contributed by atoms with Gasteiger partial charge in [0.05, 0.1) is 6.61 Å². The third-order valence-corrected chi connectivity index (χ3v) is 3.19. The smallest absolute Gasteiger partial charge is 0.123 e. The number of aliphatic hydroxyl groups excluding tert-OH is 1. The fourth-order valence-corrected chi connectivity index (χ4v) is 1.90. The van der Waals surface area contributed by atoms with Crippen molar-refractivity contribution in [3.63, 3.8) is 0 Å². The van der Waals surface area contributed by atoms with Crippen LogP contribution in [0.4, 0.5) is 4.39 Å². The molecule has 1 atom stereocenters. The zero-order chi connectivity index (χ0) is 13.7. The summed E-state index contributed by atoms with van der Waals surface area (Å²) < 4.78 is 12.8. The van der Waals surface area contributed by atoms with Gasteiger partial charge >= 0.3 is 0 Å². The van der Waals surface area contributed by atoms with Gasteiger partial charge in [0, 0.05) is 12.6 Å². The van der Waals surface area contributed by atoms with Crippen molar-refractivity contribution in [3.05, 3.63) is 71.0 Å². The monoisotopic (exact) mass is 259 g/mol. The molecule has 0 spiro atoms. The Morgan fingerprint density at radius 2 is 1.58 bits per heavy atom. The van der Waals surface area contributed by atoms with E-state index in [0.717, 1.165) is 23.2 Å². The van der Waals surface area contributed by atoms with Gasteiger partial charge < -0.3 is 10.4 Å². The highest BCUT2D eigenvalue weighted by Crippen LogP contribution is 2.14. The molecule has 0 saturated carbocycles. The Hall–Kier alpha value is -1.71. The van der Waals surface area contributed by atoms with Crippen LogP contribution in [-0.4, -0.2) is 5.11 Å². The van der Waals surface area contributed by atoms with Gasteiger partial charge in [0.15, 0.2) is 0 Å². The quantitative estimate of drug-likeness (QED) is 0.864. The van der Waals surface area contributed by atoms with Crippen molar-refractivity contribution < 1.29 is 9.50 Å². The lowest BCUT2D eigenvalue weighted by molar-refractivity contribution is 0.282. The predicted octanol–water partition coefficient (Wildman–Crippen LogP) is 3.17. The second-order valence-electron chi connectivity index (χ2n) is 4.63. The Kier molecular flexibility index (Phi) is 4.66. The van der Waals surface area contributed by atoms with Crippen molar-refractivity contribution in [2.75, 3.05) is 0 Å². The van der Waals surface area contributed by atoms with Gasteiger partial charge in [0.2, 0.25) is 0 Å². The number of benzene rings is 2. The van der Waals surface area contributed by atoms with Crippen LogP contribution in [0.3, 0.4) is 0 Å². The maximum Gasteiger partial charge on any atom is 0.123 e. The number of halogens is 1. The van der Waals surface area contributed by atoms with Crippen molar-refractivity contribution in [2.24, 2.45) is 0 Å². The average Bonchev–Trinajstić information content (AvgIpc) is 2.46. The Bertz CT molecular complexity index is 507. The molecule has 0 unspecified atom stereocenters. The topological polar surface area (TPSA) is 32.3 Å². The van der Waals surface area contributed by atoms with E-state index in [1.807, 2.05) is 24.3 Å². The maximum absolute atomic E-state index is 12.8. The third-order valence-electron chi connectivity index (χ3n) is 3.19. The lowest BCUT2D eigenvalue weighted by atomic mass is 10.1. The third kappa shape index (κ3) is 3.88. The van der Waals surface area contributed by atoms with Crippen molar-refractivity contribution in [3.8, 4) is 0 Å². The molecule has 0 fully saturated rings. The fourth-order valence-electron chi connectivity index (χ4n) is 1.90. The molecule has 2 N–H and O–H groups in total. The number of hydrogen-bond acceptors (Lipinski definition) is 2. The Morgan fingerprint density at radius 1 is 1.00 bits per heavy atom. The number of nitrogens with one attached hydrogen (secondary N) is 1. The largest absolute Gasteiger partial charge is 0.392 e. The van der Waals surface area contributed by atoms with E-state index in [9.17, 15) is 4.39 Å². The van der Waals surface area contributed by atoms with Crippen molar-refractivity contribution in [2.45, 2.75) is 26.1 Å². The molecule has 0 bridgehead atoms. The minimum Gasteiger partial charge on any atom is -0.392 e. The Morgan fingerprint density at radius 3 is 2.16 bits per heavy atom. The van der Waals surface area contributed by atoms with E-state index in [1.165, 1.54) is 12.1 Å². The van der Waals surface area contributed by atoms with E-state index in [0.29, 0.717) is 0 Å². The summed E-state index contributed by atoms with van der Waals surface area (Å²) in [6, 6.07) is 14.5. The molecule has 0 heterocycles. The molecule has 19 heavy (non-hydrogen) atoms. The van der Waals surface area contributed by atoms with E-state index < -0.39 is 0 Å². The lowest BCUT2D eigenvalue weighted by Crippen LogP contribution is -2.18. The van der Waals surface area contributed by atoms with Crippen LogP contribution in [0, 0.1) is 5.82 Å². The molecule has 0 amide bonds. The molecule has 0 aromatic heterocycles. The Labute approximate surface area is 112 Å². The van der Waals surface area contributed by atoms with Crippen molar-refractivity contribution >= 4 is 0 Å². The van der Waals surface area contributed by atoms with E-state index >= 15 is 0 Å². The molecular weight excluding hydrogens is 241 g/mol. The molecular formula is C16H18FNO. The maximum atomic E-state index is 12.8. The highest BCUT2D eigenvalue weighted by atomic mass is 19.1. The van der Waals surface area contributed by atoms with Gasteiger partial charge in [-0.15, -0.1) is 0 Å². The van der Waals surface area contributed by atoms with Crippen molar-refractivity contribution in [1.29, 1.82) is 0 Å². The summed E-state index contributed by atoms with van der Waals surface area (Å²) in [4.78, 5) is 0. The van der Waals surface area contributed by atoms with E-state index in [-0.39, 0.29) is 18.5 Å². The molecule has 100 valence electrons. The normalized spacial score (nSPS) is 12.4. The summed E-state index contributed by atoms with van der Waals surface area (Å²) in [7, 11) is 0. The zero-order valence-electron chi connectivity index (χ0n) is 10.9. The summed E-state index contributed by atoms with van der Waals surface area (Å²) in [6.07, 6.45) is 0. The highest BCUT2D eigenvalue weighted by molar-refractivity contribution is 5.23. The van der Waals surface area contributed by atoms with Crippen LogP contribution in [0.2, 0.25) is 0 Å². The minimum atomic E-state index is -0.212. The van der Waals surface area contributed by atoms with Gasteiger partial charge in [-0.2, -0.15) is 0 Å². The van der Waals surface area contributed by atoms with Gasteiger partial charge in [-0.3, -0.25) is 0 Å². The van der Waals surface area contributed by atoms with Gasteiger partial charge in [-0.25, -0.2) is 4.39 Å². The molecule has 2 rings (SSSR count). The SMILES string of the molecule is C[C@H](NCc1ccc(CO)cc1)c1ccc(F)cc1. The van der Waals surface area contributed by atoms with E-state index in [1.54, 1.807) is 12.1 Å². The molecule has 0 aliphatic heterocycles. The second kappa shape index (κ2) is 6.45. The molecule has 3 heteroatoms. The van der Waals surface area contributed by atoms with E-state index in [2.05, 4.69) is 12.2 Å². The predicted molar refractivity (Wildman–Crippen MR) is 74.0 cm³/mol. The Balaban J connectivity index is 1.92. The van der Waals surface area contributed by atoms with Gasteiger partial charge in [-0.05, 0) is 35.7 Å². The number of hydrogen-bond donors (Lipinski definition) is 2. The summed E-state index contributed by atoms with van der Waals surface area (Å²) in [5.41, 5.74) is 3.13. The molecule has 0 saturated heterocycles. The zero-order valence-corrected chi connectivity index (χ0v) is 10.9. The minimum absolute atomic E-state index is 0.0691. The van der Waals surface area contributed by atoms with Gasteiger partial charge in [0.1, 0.15) is 5.82 Å². The molecule has 2 nitrogen and oxygen atoms in total. The first-order valence-corrected chi connectivity index (χ1v) is 6.36. The standard InChI is InChI=1S/C16H18FNO/c1-12(15-6-8-16(17)9-7-15)18-10-13-2-4-14(11-19)5-3-13/h2-9,12,18-19H,10-11H2,1H3/t12-/m0/s1. The molecule has 0 radical (unpaired) electrons. The van der Waals surface area contributed by atoms with Gasteiger partial charge in [0.25, 0.3) is 0 Å². The molecule has 0 aliphatic carbocycles. The molecule has 2 aromatic rings. The van der Waals surface area contributed by atoms with Crippen LogP contribution in [0.15, 0.2) is 48.5 Å². The van der Waals surface area contributed by atoms with Crippen LogP contribution in [0.5, 0.6) is 0 Å². The van der Waals surface area contributed by atoms with E-state index in [4.69, 9.17) is 5.11 Å².